The molecule has 0 bridgehead atoms. The van der Waals surface area contributed by atoms with Crippen molar-refractivity contribution in [1.29, 1.82) is 0 Å². The van der Waals surface area contributed by atoms with E-state index in [0.29, 0.717) is 42.2 Å². The van der Waals surface area contributed by atoms with E-state index in [-0.39, 0.29) is 17.4 Å². The molecule has 0 radical (unpaired) electrons. The van der Waals surface area contributed by atoms with Crippen LogP contribution in [-0.4, -0.2) is 46.5 Å². The molecule has 0 saturated heterocycles. The minimum Gasteiger partial charge on any atom is -0.382 e. The van der Waals surface area contributed by atoms with E-state index < -0.39 is 11.9 Å². The number of thioether (sulfide) groups is 1. The van der Waals surface area contributed by atoms with Gasteiger partial charge in [0, 0.05) is 25.8 Å². The summed E-state index contributed by atoms with van der Waals surface area (Å²) in [6.07, 6.45) is 0.657. The van der Waals surface area contributed by atoms with Crippen molar-refractivity contribution in [2.45, 2.75) is 44.9 Å². The fourth-order valence-electron chi connectivity index (χ4n) is 2.52. The molecule has 0 saturated carbocycles. The minimum absolute atomic E-state index is 0.0260. The Morgan fingerprint density at radius 2 is 2.04 bits per heavy atom. The first-order valence-corrected chi connectivity index (χ1v) is 10.2. The second kappa shape index (κ2) is 10.8. The fraction of sp³-hybridized carbons (Fsp3) is 0.474. The molecule has 1 heterocycles. The first-order chi connectivity index (χ1) is 13.4. The molecular weight excluding hydrogens is 380 g/mol. The number of benzene rings is 1. The van der Waals surface area contributed by atoms with Crippen molar-refractivity contribution in [3.63, 3.8) is 0 Å². The van der Waals surface area contributed by atoms with E-state index in [1.165, 1.54) is 0 Å². The lowest BCUT2D eigenvalue weighted by atomic mass is 10.2. The Morgan fingerprint density at radius 3 is 2.75 bits per heavy atom. The molecule has 28 heavy (non-hydrogen) atoms. The van der Waals surface area contributed by atoms with Gasteiger partial charge in [0.05, 0.1) is 16.7 Å². The van der Waals surface area contributed by atoms with Gasteiger partial charge in [-0.2, -0.15) is 0 Å². The van der Waals surface area contributed by atoms with E-state index in [2.05, 4.69) is 15.6 Å². The van der Waals surface area contributed by atoms with Crippen molar-refractivity contribution in [2.24, 2.45) is 0 Å². The number of amides is 3. The van der Waals surface area contributed by atoms with Gasteiger partial charge in [-0.05, 0) is 39.3 Å². The highest BCUT2D eigenvalue weighted by Gasteiger charge is 2.14. The summed E-state index contributed by atoms with van der Waals surface area (Å²) in [5.74, 6) is -0.478. The lowest BCUT2D eigenvalue weighted by Gasteiger charge is -2.13. The van der Waals surface area contributed by atoms with Crippen LogP contribution in [0.2, 0.25) is 0 Å². The van der Waals surface area contributed by atoms with E-state index in [9.17, 15) is 14.4 Å². The van der Waals surface area contributed by atoms with Crippen LogP contribution < -0.4 is 16.2 Å². The number of fused-ring (bicyclic) bond motifs is 1. The van der Waals surface area contributed by atoms with Crippen LogP contribution in [0.5, 0.6) is 0 Å². The molecule has 8 nitrogen and oxygen atoms in total. The van der Waals surface area contributed by atoms with E-state index in [1.807, 2.05) is 13.0 Å². The lowest BCUT2D eigenvalue weighted by molar-refractivity contribution is -0.117. The van der Waals surface area contributed by atoms with Gasteiger partial charge < -0.3 is 10.1 Å². The minimum atomic E-state index is -0.541. The van der Waals surface area contributed by atoms with Crippen molar-refractivity contribution in [1.82, 2.24) is 20.2 Å². The van der Waals surface area contributed by atoms with Gasteiger partial charge >= 0.3 is 6.03 Å². The zero-order chi connectivity index (χ0) is 20.5. The number of rotatable bonds is 9. The van der Waals surface area contributed by atoms with Gasteiger partial charge in [-0.25, -0.2) is 9.78 Å². The molecule has 0 aliphatic carbocycles. The van der Waals surface area contributed by atoms with Gasteiger partial charge in [-0.3, -0.25) is 19.5 Å². The number of nitrogens with zero attached hydrogens (tertiary/aromatic N) is 2. The van der Waals surface area contributed by atoms with Crippen LogP contribution in [0.15, 0.2) is 34.2 Å². The van der Waals surface area contributed by atoms with Crippen molar-refractivity contribution < 1.29 is 14.3 Å². The second-order valence-electron chi connectivity index (χ2n) is 6.38. The standard InChI is InChI=1S/C19H26N4O4S/c1-4-27-11-7-10-23-17(25)14-8-5-6-9-15(14)21-19(23)28-12-16(24)22-18(26)20-13(2)3/h5-6,8-9,13H,4,7,10-12H2,1-3H3,(H2,20,22,24,26). The van der Waals surface area contributed by atoms with Crippen LogP contribution in [0.25, 0.3) is 10.9 Å². The predicted octanol–water partition coefficient (Wildman–Crippen LogP) is 2.15. The number of carbonyl (C=O) groups is 2. The Morgan fingerprint density at radius 1 is 1.29 bits per heavy atom. The number of nitrogens with one attached hydrogen (secondary N) is 2. The van der Waals surface area contributed by atoms with E-state index in [0.717, 1.165) is 11.8 Å². The summed E-state index contributed by atoms with van der Waals surface area (Å²) in [6.45, 7) is 7.12. The fourth-order valence-corrected chi connectivity index (χ4v) is 3.34. The summed E-state index contributed by atoms with van der Waals surface area (Å²) in [5, 5.41) is 5.83. The summed E-state index contributed by atoms with van der Waals surface area (Å²) in [6, 6.07) is 6.50. The van der Waals surface area contributed by atoms with Gasteiger partial charge in [0.25, 0.3) is 5.56 Å². The third-order valence-electron chi connectivity index (χ3n) is 3.71. The average Bonchev–Trinajstić information content (AvgIpc) is 2.64. The molecule has 1 aromatic carbocycles. The molecule has 3 amide bonds. The highest BCUT2D eigenvalue weighted by Crippen LogP contribution is 2.18. The smallest absolute Gasteiger partial charge is 0.321 e. The molecule has 2 aromatic rings. The van der Waals surface area contributed by atoms with Crippen LogP contribution in [-0.2, 0) is 16.1 Å². The molecule has 0 unspecified atom stereocenters. The monoisotopic (exact) mass is 406 g/mol. The molecule has 0 aliphatic heterocycles. The molecule has 0 fully saturated rings. The Hall–Kier alpha value is -2.39. The predicted molar refractivity (Wildman–Crippen MR) is 110 cm³/mol. The van der Waals surface area contributed by atoms with Crippen molar-refractivity contribution in [3.8, 4) is 0 Å². The van der Waals surface area contributed by atoms with Crippen molar-refractivity contribution in [2.75, 3.05) is 19.0 Å². The quantitative estimate of drug-likeness (QED) is 0.376. The summed E-state index contributed by atoms with van der Waals surface area (Å²) in [5.41, 5.74) is 0.427. The largest absolute Gasteiger partial charge is 0.382 e. The van der Waals surface area contributed by atoms with Crippen LogP contribution >= 0.6 is 11.8 Å². The third-order valence-corrected chi connectivity index (χ3v) is 4.68. The van der Waals surface area contributed by atoms with Crippen LogP contribution in [0.3, 0.4) is 0 Å². The average molecular weight is 407 g/mol. The maximum Gasteiger partial charge on any atom is 0.321 e. The zero-order valence-electron chi connectivity index (χ0n) is 16.4. The Labute approximate surface area is 168 Å². The van der Waals surface area contributed by atoms with Gasteiger partial charge in [0.15, 0.2) is 5.16 Å². The van der Waals surface area contributed by atoms with Crippen LogP contribution in [0.4, 0.5) is 4.79 Å². The summed E-state index contributed by atoms with van der Waals surface area (Å²) in [7, 11) is 0. The van der Waals surface area contributed by atoms with Gasteiger partial charge in [0.2, 0.25) is 5.91 Å². The van der Waals surface area contributed by atoms with Gasteiger partial charge in [-0.1, -0.05) is 23.9 Å². The number of aromatic nitrogens is 2. The number of imide groups is 1. The molecule has 0 aliphatic rings. The Bertz CT molecular complexity index is 882. The Kier molecular flexibility index (Phi) is 8.46. The first kappa shape index (κ1) is 21.9. The SMILES string of the molecule is CCOCCCn1c(SCC(=O)NC(=O)NC(C)C)nc2ccccc2c1=O. The molecule has 152 valence electrons. The molecular formula is C19H26N4O4S. The number of hydrogen-bond donors (Lipinski definition) is 2. The number of carbonyl (C=O) groups excluding carboxylic acids is 2. The van der Waals surface area contributed by atoms with Gasteiger partial charge in [-0.15, -0.1) is 0 Å². The summed E-state index contributed by atoms with van der Waals surface area (Å²) in [4.78, 5) is 41.1. The summed E-state index contributed by atoms with van der Waals surface area (Å²) >= 11 is 1.13. The van der Waals surface area contributed by atoms with Crippen molar-refractivity contribution in [3.05, 3.63) is 34.6 Å². The zero-order valence-corrected chi connectivity index (χ0v) is 17.2. The number of hydrogen-bond acceptors (Lipinski definition) is 6. The number of para-hydroxylation sites is 1. The maximum atomic E-state index is 12.9. The molecule has 0 spiro atoms. The normalized spacial score (nSPS) is 11.0. The van der Waals surface area contributed by atoms with Gasteiger partial charge in [0.1, 0.15) is 0 Å². The molecule has 2 N–H and O–H groups in total. The third kappa shape index (κ3) is 6.35. The number of urea groups is 1. The van der Waals surface area contributed by atoms with E-state index in [4.69, 9.17) is 4.74 Å². The highest BCUT2D eigenvalue weighted by molar-refractivity contribution is 7.99. The first-order valence-electron chi connectivity index (χ1n) is 9.22. The molecule has 9 heteroatoms. The highest BCUT2D eigenvalue weighted by atomic mass is 32.2. The van der Waals surface area contributed by atoms with Crippen molar-refractivity contribution >= 4 is 34.6 Å². The Balaban J connectivity index is 2.15. The van der Waals surface area contributed by atoms with E-state index >= 15 is 0 Å². The summed E-state index contributed by atoms with van der Waals surface area (Å²) < 4.78 is 6.91. The molecule has 2 rings (SSSR count). The van der Waals surface area contributed by atoms with E-state index in [1.54, 1.807) is 36.6 Å². The van der Waals surface area contributed by atoms with Crippen LogP contribution in [0, 0.1) is 0 Å². The second-order valence-corrected chi connectivity index (χ2v) is 7.33. The van der Waals surface area contributed by atoms with Crippen LogP contribution in [0.1, 0.15) is 27.2 Å². The topological polar surface area (TPSA) is 102 Å². The molecule has 0 atom stereocenters. The lowest BCUT2D eigenvalue weighted by Crippen LogP contribution is -2.43. The molecule has 1 aromatic heterocycles. The number of ether oxygens (including phenoxy) is 1. The maximum absolute atomic E-state index is 12.9.